The molecule has 0 aliphatic heterocycles. The molecule has 0 saturated carbocycles. The summed E-state index contributed by atoms with van der Waals surface area (Å²) in [5, 5.41) is 11.3. The normalized spacial score (nSPS) is 10.2. The first kappa shape index (κ1) is 13.6. The fraction of sp³-hybridized carbons (Fsp3) is 0.500. The molecular formula is C12H18N2O3. The van der Waals surface area contributed by atoms with E-state index in [9.17, 15) is 4.79 Å². The van der Waals surface area contributed by atoms with Gasteiger partial charge in [-0.15, -0.1) is 0 Å². The van der Waals surface area contributed by atoms with E-state index in [0.29, 0.717) is 25.5 Å². The Labute approximate surface area is 101 Å². The number of nitrogens with one attached hydrogen (secondary N) is 1. The Hall–Kier alpha value is -1.46. The average molecular weight is 238 g/mol. The second-order valence-electron chi connectivity index (χ2n) is 3.61. The molecule has 1 aromatic rings. The minimum atomic E-state index is -0.162. The minimum Gasteiger partial charge on any atom is -0.394 e. The third-order valence-electron chi connectivity index (χ3n) is 2.21. The second-order valence-corrected chi connectivity index (χ2v) is 3.61. The highest BCUT2D eigenvalue weighted by molar-refractivity contribution is 5.93. The first-order valence-electron chi connectivity index (χ1n) is 5.64. The van der Waals surface area contributed by atoms with Crippen LogP contribution in [-0.4, -0.2) is 42.4 Å². The summed E-state index contributed by atoms with van der Waals surface area (Å²) in [5.41, 5.74) is 1.32. The molecule has 1 heterocycles. The highest BCUT2D eigenvalue weighted by atomic mass is 16.5. The van der Waals surface area contributed by atoms with Crippen LogP contribution in [0.15, 0.2) is 18.3 Å². The van der Waals surface area contributed by atoms with Crippen molar-refractivity contribution in [3.8, 4) is 0 Å². The van der Waals surface area contributed by atoms with Crippen molar-refractivity contribution >= 4 is 5.91 Å². The number of aliphatic hydroxyl groups excluding tert-OH is 1. The number of rotatable bonds is 7. The summed E-state index contributed by atoms with van der Waals surface area (Å²) in [6.45, 7) is 3.29. The summed E-state index contributed by atoms with van der Waals surface area (Å²) in [7, 11) is 0. The van der Waals surface area contributed by atoms with Crippen molar-refractivity contribution < 1.29 is 14.6 Å². The predicted octanol–water partition coefficient (Wildman–Crippen LogP) is 0.519. The van der Waals surface area contributed by atoms with E-state index < -0.39 is 0 Å². The maximum absolute atomic E-state index is 11.7. The molecule has 17 heavy (non-hydrogen) atoms. The zero-order valence-electron chi connectivity index (χ0n) is 9.98. The van der Waals surface area contributed by atoms with Gasteiger partial charge in [0.2, 0.25) is 0 Å². The van der Waals surface area contributed by atoms with Crippen molar-refractivity contribution in [2.45, 2.75) is 13.3 Å². The summed E-state index contributed by atoms with van der Waals surface area (Å²) < 4.78 is 5.08. The molecule has 0 saturated heterocycles. The number of hydrogen-bond acceptors (Lipinski definition) is 4. The number of aromatic nitrogens is 1. The van der Waals surface area contributed by atoms with Crippen LogP contribution in [-0.2, 0) is 4.74 Å². The van der Waals surface area contributed by atoms with Crippen molar-refractivity contribution in [3.05, 3.63) is 29.6 Å². The monoisotopic (exact) mass is 238 g/mol. The van der Waals surface area contributed by atoms with E-state index in [-0.39, 0.29) is 12.5 Å². The highest BCUT2D eigenvalue weighted by Crippen LogP contribution is 2.02. The molecule has 5 nitrogen and oxygen atoms in total. The molecular weight excluding hydrogens is 220 g/mol. The first-order chi connectivity index (χ1) is 8.25. The van der Waals surface area contributed by atoms with Gasteiger partial charge < -0.3 is 15.2 Å². The molecule has 1 aromatic heterocycles. The Bertz CT molecular complexity index is 355. The number of hydrogen-bond donors (Lipinski definition) is 2. The quantitative estimate of drug-likeness (QED) is 0.679. The summed E-state index contributed by atoms with van der Waals surface area (Å²) in [6, 6.07) is 3.65. The Morgan fingerprint density at radius 2 is 2.35 bits per heavy atom. The van der Waals surface area contributed by atoms with Gasteiger partial charge >= 0.3 is 0 Å². The molecule has 0 unspecified atom stereocenters. The van der Waals surface area contributed by atoms with Gasteiger partial charge in [0.15, 0.2) is 0 Å². The number of aliphatic hydroxyl groups is 1. The van der Waals surface area contributed by atoms with Crippen LogP contribution in [0.25, 0.3) is 0 Å². The fourth-order valence-electron chi connectivity index (χ4n) is 1.35. The standard InChI is InChI=1S/C12H18N2O3/c1-10-4-2-5-13-11(10)12(16)14-6-3-8-17-9-7-15/h2,4-5,15H,3,6-9H2,1H3,(H,14,16). The molecule has 0 spiro atoms. The van der Waals surface area contributed by atoms with Crippen LogP contribution >= 0.6 is 0 Å². The van der Waals surface area contributed by atoms with Crippen molar-refractivity contribution in [2.24, 2.45) is 0 Å². The van der Waals surface area contributed by atoms with Crippen LogP contribution in [0.2, 0.25) is 0 Å². The van der Waals surface area contributed by atoms with Gasteiger partial charge in [0, 0.05) is 19.3 Å². The van der Waals surface area contributed by atoms with Gasteiger partial charge in [-0.25, -0.2) is 0 Å². The molecule has 0 aliphatic rings. The van der Waals surface area contributed by atoms with E-state index in [2.05, 4.69) is 10.3 Å². The summed E-state index contributed by atoms with van der Waals surface area (Å²) >= 11 is 0. The van der Waals surface area contributed by atoms with Gasteiger partial charge in [-0.1, -0.05) is 6.07 Å². The second kappa shape index (κ2) is 7.76. The Morgan fingerprint density at radius 1 is 1.53 bits per heavy atom. The largest absolute Gasteiger partial charge is 0.394 e. The number of pyridine rings is 1. The van der Waals surface area contributed by atoms with Crippen LogP contribution in [0.3, 0.4) is 0 Å². The molecule has 1 amide bonds. The summed E-state index contributed by atoms with van der Waals surface area (Å²) in [6.07, 6.45) is 2.32. The van der Waals surface area contributed by atoms with Gasteiger partial charge in [-0.05, 0) is 25.0 Å². The number of carbonyl (C=O) groups excluding carboxylic acids is 1. The van der Waals surface area contributed by atoms with E-state index in [1.807, 2.05) is 13.0 Å². The molecule has 0 radical (unpaired) electrons. The molecule has 2 N–H and O–H groups in total. The van der Waals surface area contributed by atoms with Gasteiger partial charge in [0.1, 0.15) is 5.69 Å². The number of amides is 1. The molecule has 0 aliphatic carbocycles. The Balaban J connectivity index is 2.24. The van der Waals surface area contributed by atoms with Crippen LogP contribution in [0.5, 0.6) is 0 Å². The van der Waals surface area contributed by atoms with Gasteiger partial charge in [-0.2, -0.15) is 0 Å². The lowest BCUT2D eigenvalue weighted by Gasteiger charge is -2.06. The van der Waals surface area contributed by atoms with Gasteiger partial charge in [0.05, 0.1) is 13.2 Å². The van der Waals surface area contributed by atoms with Crippen LogP contribution < -0.4 is 5.32 Å². The number of aryl methyl sites for hydroxylation is 1. The van der Waals surface area contributed by atoms with E-state index >= 15 is 0 Å². The van der Waals surface area contributed by atoms with Crippen molar-refractivity contribution in [1.82, 2.24) is 10.3 Å². The van der Waals surface area contributed by atoms with Crippen LogP contribution in [0.1, 0.15) is 22.5 Å². The lowest BCUT2D eigenvalue weighted by Crippen LogP contribution is -2.26. The molecule has 1 rings (SSSR count). The molecule has 5 heteroatoms. The van der Waals surface area contributed by atoms with E-state index in [1.165, 1.54) is 0 Å². The maximum atomic E-state index is 11.7. The van der Waals surface area contributed by atoms with E-state index in [0.717, 1.165) is 12.0 Å². The lowest BCUT2D eigenvalue weighted by atomic mass is 10.2. The highest BCUT2D eigenvalue weighted by Gasteiger charge is 2.08. The fourth-order valence-corrected chi connectivity index (χ4v) is 1.35. The minimum absolute atomic E-state index is 0.0273. The Morgan fingerprint density at radius 3 is 3.06 bits per heavy atom. The zero-order chi connectivity index (χ0) is 12.5. The maximum Gasteiger partial charge on any atom is 0.270 e. The Kier molecular flexibility index (Phi) is 6.21. The predicted molar refractivity (Wildman–Crippen MR) is 63.8 cm³/mol. The average Bonchev–Trinajstić information content (AvgIpc) is 2.34. The van der Waals surface area contributed by atoms with E-state index in [4.69, 9.17) is 9.84 Å². The topological polar surface area (TPSA) is 71.5 Å². The number of nitrogens with zero attached hydrogens (tertiary/aromatic N) is 1. The third-order valence-corrected chi connectivity index (χ3v) is 2.21. The summed E-state index contributed by atoms with van der Waals surface area (Å²) in [5.74, 6) is -0.162. The van der Waals surface area contributed by atoms with Crippen LogP contribution in [0.4, 0.5) is 0 Å². The van der Waals surface area contributed by atoms with Crippen LogP contribution in [0, 0.1) is 6.92 Å². The van der Waals surface area contributed by atoms with Crippen molar-refractivity contribution in [2.75, 3.05) is 26.4 Å². The molecule has 94 valence electrons. The molecule has 0 bridgehead atoms. The first-order valence-corrected chi connectivity index (χ1v) is 5.64. The van der Waals surface area contributed by atoms with E-state index in [1.54, 1.807) is 12.3 Å². The summed E-state index contributed by atoms with van der Waals surface area (Å²) in [4.78, 5) is 15.7. The van der Waals surface area contributed by atoms with Gasteiger partial charge in [0.25, 0.3) is 5.91 Å². The molecule has 0 fully saturated rings. The zero-order valence-corrected chi connectivity index (χ0v) is 9.98. The lowest BCUT2D eigenvalue weighted by molar-refractivity contribution is 0.0865. The number of ether oxygens (including phenoxy) is 1. The smallest absolute Gasteiger partial charge is 0.270 e. The van der Waals surface area contributed by atoms with Gasteiger partial charge in [-0.3, -0.25) is 9.78 Å². The molecule has 0 atom stereocenters. The van der Waals surface area contributed by atoms with Crippen molar-refractivity contribution in [1.29, 1.82) is 0 Å². The number of carbonyl (C=O) groups is 1. The molecule has 0 aromatic carbocycles. The van der Waals surface area contributed by atoms with Crippen molar-refractivity contribution in [3.63, 3.8) is 0 Å². The SMILES string of the molecule is Cc1cccnc1C(=O)NCCCOCCO. The third kappa shape index (κ3) is 4.93.